The van der Waals surface area contributed by atoms with Gasteiger partial charge in [-0.25, -0.2) is 9.78 Å². The molecule has 0 aliphatic carbocycles. The van der Waals surface area contributed by atoms with Gasteiger partial charge in [-0.3, -0.25) is 13.9 Å². The third kappa shape index (κ3) is 3.19. The van der Waals surface area contributed by atoms with E-state index < -0.39 is 17.4 Å². The van der Waals surface area contributed by atoms with Crippen molar-refractivity contribution in [2.75, 3.05) is 6.61 Å². The number of aliphatic hydroxyl groups is 1. The lowest BCUT2D eigenvalue weighted by Crippen LogP contribution is -2.38. The van der Waals surface area contributed by atoms with Crippen molar-refractivity contribution in [3.05, 3.63) is 55.4 Å². The molecular weight excluding hydrogens is 404 g/mol. The van der Waals surface area contributed by atoms with Crippen LogP contribution in [-0.4, -0.2) is 36.5 Å². The molecule has 0 spiro atoms. The number of halogens is 1. The van der Waals surface area contributed by atoms with Gasteiger partial charge in [0.15, 0.2) is 15.9 Å². The van der Waals surface area contributed by atoms with Gasteiger partial charge >= 0.3 is 5.69 Å². The highest BCUT2D eigenvalue weighted by Gasteiger charge is 2.20. The molecule has 0 saturated heterocycles. The lowest BCUT2D eigenvalue weighted by Gasteiger charge is -2.15. The van der Waals surface area contributed by atoms with Crippen LogP contribution in [0.25, 0.3) is 11.2 Å². The van der Waals surface area contributed by atoms with E-state index >= 15 is 0 Å². The lowest BCUT2D eigenvalue weighted by molar-refractivity contribution is 0.0925. The Morgan fingerprint density at radius 2 is 1.92 bits per heavy atom. The Morgan fingerprint density at radius 3 is 2.62 bits per heavy atom. The van der Waals surface area contributed by atoms with Gasteiger partial charge in [-0.2, -0.15) is 0 Å². The molecule has 2 aromatic heterocycles. The monoisotopic (exact) mass is 422 g/mol. The van der Waals surface area contributed by atoms with Crippen molar-refractivity contribution >= 4 is 27.1 Å². The van der Waals surface area contributed by atoms with Gasteiger partial charge in [0.1, 0.15) is 18.5 Å². The van der Waals surface area contributed by atoms with Crippen LogP contribution in [0.5, 0.6) is 5.75 Å². The summed E-state index contributed by atoms with van der Waals surface area (Å²) in [5.74, 6) is 0.694. The van der Waals surface area contributed by atoms with Crippen LogP contribution in [0.4, 0.5) is 0 Å². The van der Waals surface area contributed by atoms with E-state index in [4.69, 9.17) is 4.74 Å². The molecule has 0 amide bonds. The van der Waals surface area contributed by atoms with E-state index in [1.807, 2.05) is 31.2 Å². The molecule has 0 aliphatic heterocycles. The quantitative estimate of drug-likeness (QED) is 0.617. The predicted octanol–water partition coefficient (Wildman–Crippen LogP) is 0.945. The molecule has 2 heterocycles. The van der Waals surface area contributed by atoms with Gasteiger partial charge in [-0.05, 0) is 34.5 Å². The lowest BCUT2D eigenvalue weighted by atomic mass is 10.2. The number of aryl methyl sites for hydroxylation is 2. The molecule has 0 fully saturated rings. The second kappa shape index (κ2) is 7.08. The van der Waals surface area contributed by atoms with Crippen molar-refractivity contribution in [2.24, 2.45) is 14.1 Å². The normalized spacial score (nSPS) is 12.5. The Morgan fingerprint density at radius 1 is 1.23 bits per heavy atom. The van der Waals surface area contributed by atoms with Crippen molar-refractivity contribution in [1.29, 1.82) is 0 Å². The van der Waals surface area contributed by atoms with Gasteiger partial charge in [0.2, 0.25) is 0 Å². The number of aromatic nitrogens is 4. The molecule has 8 nitrogen and oxygen atoms in total. The van der Waals surface area contributed by atoms with Crippen LogP contribution in [-0.2, 0) is 20.6 Å². The fraction of sp³-hybridized carbons (Fsp3) is 0.353. The summed E-state index contributed by atoms with van der Waals surface area (Å²) in [6.07, 6.45) is -0.870. The van der Waals surface area contributed by atoms with E-state index in [9.17, 15) is 14.7 Å². The highest BCUT2D eigenvalue weighted by atomic mass is 79.9. The number of hydrogen-bond donors (Lipinski definition) is 1. The Balaban J connectivity index is 1.89. The zero-order valence-corrected chi connectivity index (χ0v) is 16.2. The molecule has 1 N–H and O–H groups in total. The summed E-state index contributed by atoms with van der Waals surface area (Å²) < 4.78 is 9.88. The van der Waals surface area contributed by atoms with Crippen molar-refractivity contribution in [3.8, 4) is 5.75 Å². The second-order valence-corrected chi connectivity index (χ2v) is 6.81. The van der Waals surface area contributed by atoms with E-state index in [-0.39, 0.29) is 24.3 Å². The Hall–Kier alpha value is -2.39. The van der Waals surface area contributed by atoms with Crippen LogP contribution >= 0.6 is 15.9 Å². The maximum atomic E-state index is 12.5. The first kappa shape index (κ1) is 18.4. The minimum Gasteiger partial charge on any atom is -0.491 e. The molecule has 0 bridgehead atoms. The van der Waals surface area contributed by atoms with E-state index in [1.165, 1.54) is 11.6 Å². The largest absolute Gasteiger partial charge is 0.491 e. The van der Waals surface area contributed by atoms with Crippen molar-refractivity contribution in [3.63, 3.8) is 0 Å². The van der Waals surface area contributed by atoms with Gasteiger partial charge < -0.3 is 14.4 Å². The average molecular weight is 423 g/mol. The van der Waals surface area contributed by atoms with Crippen molar-refractivity contribution in [1.82, 2.24) is 18.7 Å². The van der Waals surface area contributed by atoms with Crippen LogP contribution in [0, 0.1) is 6.92 Å². The Labute approximate surface area is 157 Å². The molecule has 9 heteroatoms. The highest BCUT2D eigenvalue weighted by molar-refractivity contribution is 9.10. The Bertz CT molecular complexity index is 1080. The summed E-state index contributed by atoms with van der Waals surface area (Å²) >= 11 is 3.30. The molecule has 0 aliphatic rings. The average Bonchev–Trinajstić information content (AvgIpc) is 2.94. The van der Waals surface area contributed by atoms with Gasteiger partial charge in [0, 0.05) is 14.1 Å². The molecule has 0 unspecified atom stereocenters. The summed E-state index contributed by atoms with van der Waals surface area (Å²) in [4.78, 5) is 28.8. The summed E-state index contributed by atoms with van der Waals surface area (Å²) in [5, 5.41) is 10.4. The third-order valence-electron chi connectivity index (χ3n) is 4.22. The van der Waals surface area contributed by atoms with Gasteiger partial charge in [0.05, 0.1) is 6.54 Å². The summed E-state index contributed by atoms with van der Waals surface area (Å²) in [5.41, 5.74) is 0.558. The molecule has 138 valence electrons. The van der Waals surface area contributed by atoms with E-state index in [0.717, 1.165) is 10.1 Å². The van der Waals surface area contributed by atoms with Gasteiger partial charge in [0.25, 0.3) is 5.56 Å². The highest BCUT2D eigenvalue weighted by Crippen LogP contribution is 2.19. The number of aliphatic hydroxyl groups excluding tert-OH is 1. The standard InChI is InChI=1S/C17H19BrN4O4/c1-10-6-4-5-7-12(10)26-9-11(23)8-22-13-14(19-16(22)18)20(2)17(25)21(3)15(13)24/h4-7,11,23H,8-9H2,1-3H3/t11-/m1/s1. The fourth-order valence-electron chi connectivity index (χ4n) is 2.75. The zero-order chi connectivity index (χ0) is 19.0. The number of ether oxygens (including phenoxy) is 1. The van der Waals surface area contributed by atoms with Crippen LogP contribution in [0.2, 0.25) is 0 Å². The van der Waals surface area contributed by atoms with Gasteiger partial charge in [-0.1, -0.05) is 18.2 Å². The second-order valence-electron chi connectivity index (χ2n) is 6.10. The van der Waals surface area contributed by atoms with Crippen molar-refractivity contribution in [2.45, 2.75) is 19.6 Å². The maximum Gasteiger partial charge on any atom is 0.332 e. The third-order valence-corrected chi connectivity index (χ3v) is 4.82. The van der Waals surface area contributed by atoms with Crippen LogP contribution in [0.1, 0.15) is 5.56 Å². The molecule has 3 rings (SSSR count). The zero-order valence-electron chi connectivity index (χ0n) is 14.6. The SMILES string of the molecule is Cc1ccccc1OC[C@H](O)Cn1c(Br)nc2c1c(=O)n(C)c(=O)n2C. The first-order chi connectivity index (χ1) is 12.3. The number of nitrogens with zero attached hydrogens (tertiary/aromatic N) is 4. The molecular formula is C17H19BrN4O4. The van der Waals surface area contributed by atoms with Crippen LogP contribution in [0.3, 0.4) is 0 Å². The van der Waals surface area contributed by atoms with Gasteiger partial charge in [-0.15, -0.1) is 0 Å². The number of rotatable bonds is 5. The summed E-state index contributed by atoms with van der Waals surface area (Å²) in [6.45, 7) is 2.07. The number of imidazole rings is 1. The van der Waals surface area contributed by atoms with Crippen molar-refractivity contribution < 1.29 is 9.84 Å². The number of para-hydroxylation sites is 1. The van der Waals surface area contributed by atoms with E-state index in [1.54, 1.807) is 11.6 Å². The first-order valence-electron chi connectivity index (χ1n) is 7.99. The summed E-state index contributed by atoms with van der Waals surface area (Å²) in [7, 11) is 2.96. The molecule has 0 saturated carbocycles. The van der Waals surface area contributed by atoms with E-state index in [2.05, 4.69) is 20.9 Å². The predicted molar refractivity (Wildman–Crippen MR) is 101 cm³/mol. The number of hydrogen-bond acceptors (Lipinski definition) is 5. The number of benzene rings is 1. The topological polar surface area (TPSA) is 91.3 Å². The maximum absolute atomic E-state index is 12.5. The molecule has 0 radical (unpaired) electrons. The first-order valence-corrected chi connectivity index (χ1v) is 8.78. The fourth-order valence-corrected chi connectivity index (χ4v) is 3.24. The molecule has 26 heavy (non-hydrogen) atoms. The summed E-state index contributed by atoms with van der Waals surface area (Å²) in [6, 6.07) is 7.52. The minimum absolute atomic E-state index is 0.0586. The molecule has 3 aromatic rings. The van der Waals surface area contributed by atoms with Crippen LogP contribution < -0.4 is 16.0 Å². The van der Waals surface area contributed by atoms with Crippen LogP contribution in [0.15, 0.2) is 38.6 Å². The molecule has 1 atom stereocenters. The number of fused-ring (bicyclic) bond motifs is 1. The van der Waals surface area contributed by atoms with E-state index in [0.29, 0.717) is 10.5 Å². The smallest absolute Gasteiger partial charge is 0.332 e. The Kier molecular flexibility index (Phi) is 5.01. The minimum atomic E-state index is -0.870. The molecule has 1 aromatic carbocycles.